The number of thioether (sulfide) groups is 1. The fourth-order valence-corrected chi connectivity index (χ4v) is 4.61. The monoisotopic (exact) mass is 333 g/mol. The van der Waals surface area contributed by atoms with Crippen molar-refractivity contribution in [2.45, 2.75) is 42.8 Å². The molecule has 0 saturated heterocycles. The number of ether oxygens (including phenoxy) is 1. The van der Waals surface area contributed by atoms with Crippen LogP contribution in [0, 0.1) is 5.82 Å². The molecule has 0 spiro atoms. The van der Waals surface area contributed by atoms with Crippen LogP contribution in [0.2, 0.25) is 0 Å². The minimum atomic E-state index is -0.141. The molecule has 2 heterocycles. The minimum absolute atomic E-state index is 0.141. The van der Waals surface area contributed by atoms with Crippen molar-refractivity contribution in [1.82, 2.24) is 10.2 Å². The van der Waals surface area contributed by atoms with Crippen molar-refractivity contribution in [2.75, 3.05) is 12.4 Å². The number of nitrogens with one attached hydrogen (secondary N) is 2. The molecule has 0 radical (unpaired) electrons. The van der Waals surface area contributed by atoms with Crippen LogP contribution in [0.3, 0.4) is 0 Å². The van der Waals surface area contributed by atoms with Gasteiger partial charge in [-0.3, -0.25) is 5.10 Å². The van der Waals surface area contributed by atoms with Crippen molar-refractivity contribution in [3.63, 3.8) is 0 Å². The summed E-state index contributed by atoms with van der Waals surface area (Å²) in [5.74, 6) is 2.64. The van der Waals surface area contributed by atoms with Crippen molar-refractivity contribution < 1.29 is 9.13 Å². The van der Waals surface area contributed by atoms with Crippen molar-refractivity contribution in [2.24, 2.45) is 0 Å². The van der Waals surface area contributed by atoms with Crippen molar-refractivity contribution in [3.05, 3.63) is 40.8 Å². The summed E-state index contributed by atoms with van der Waals surface area (Å²) in [6.45, 7) is 0. The molecule has 1 aliphatic heterocycles. The molecule has 1 aromatic carbocycles. The molecule has 2 aliphatic rings. The quantitative estimate of drug-likeness (QED) is 0.875. The molecule has 2 atom stereocenters. The fraction of sp³-hybridized carbons (Fsp3) is 0.471. The van der Waals surface area contributed by atoms with E-state index in [-0.39, 0.29) is 5.82 Å². The Labute approximate surface area is 139 Å². The number of aromatic amines is 1. The SMILES string of the molecule is COC1CCC(c2cc(Nc3ccc4c(c3F)CSC4)n[nH]2)C1. The summed E-state index contributed by atoms with van der Waals surface area (Å²) in [5, 5.41) is 10.5. The first-order valence-corrected chi connectivity index (χ1v) is 9.13. The Bertz CT molecular complexity index is 718. The number of hydrogen-bond acceptors (Lipinski definition) is 4. The van der Waals surface area contributed by atoms with Gasteiger partial charge in [-0.25, -0.2) is 4.39 Å². The summed E-state index contributed by atoms with van der Waals surface area (Å²) < 4.78 is 20.0. The second-order valence-electron chi connectivity index (χ2n) is 6.26. The third-order valence-corrected chi connectivity index (χ3v) is 5.87. The van der Waals surface area contributed by atoms with Gasteiger partial charge < -0.3 is 10.1 Å². The van der Waals surface area contributed by atoms with Gasteiger partial charge in [-0.1, -0.05) is 6.07 Å². The maximum Gasteiger partial charge on any atom is 0.152 e. The zero-order valence-electron chi connectivity index (χ0n) is 13.1. The summed E-state index contributed by atoms with van der Waals surface area (Å²) in [6.07, 6.45) is 3.54. The second-order valence-corrected chi connectivity index (χ2v) is 7.24. The Morgan fingerprint density at radius 3 is 3.09 bits per heavy atom. The molecule has 1 aromatic heterocycles. The zero-order chi connectivity index (χ0) is 15.8. The highest BCUT2D eigenvalue weighted by Crippen LogP contribution is 2.37. The highest BCUT2D eigenvalue weighted by molar-refractivity contribution is 7.98. The first kappa shape index (κ1) is 15.0. The molecule has 2 unspecified atom stereocenters. The van der Waals surface area contributed by atoms with Gasteiger partial charge >= 0.3 is 0 Å². The summed E-state index contributed by atoms with van der Waals surface area (Å²) in [4.78, 5) is 0. The normalized spacial score (nSPS) is 23.2. The smallest absolute Gasteiger partial charge is 0.152 e. The summed E-state index contributed by atoms with van der Waals surface area (Å²) in [7, 11) is 1.77. The molecule has 1 saturated carbocycles. The van der Waals surface area contributed by atoms with Crippen LogP contribution in [0.25, 0.3) is 0 Å². The van der Waals surface area contributed by atoms with Gasteiger partial charge in [-0.2, -0.15) is 16.9 Å². The highest BCUT2D eigenvalue weighted by Gasteiger charge is 2.27. The van der Waals surface area contributed by atoms with E-state index in [2.05, 4.69) is 15.5 Å². The zero-order valence-corrected chi connectivity index (χ0v) is 13.9. The number of fused-ring (bicyclic) bond motifs is 1. The van der Waals surface area contributed by atoms with Crippen LogP contribution < -0.4 is 5.32 Å². The van der Waals surface area contributed by atoms with E-state index in [1.807, 2.05) is 18.2 Å². The van der Waals surface area contributed by atoms with Crippen molar-refractivity contribution in [1.29, 1.82) is 0 Å². The lowest BCUT2D eigenvalue weighted by atomic mass is 10.0. The van der Waals surface area contributed by atoms with Crippen molar-refractivity contribution in [3.8, 4) is 0 Å². The molecule has 0 bridgehead atoms. The van der Waals surface area contributed by atoms with Crippen LogP contribution in [-0.4, -0.2) is 23.4 Å². The predicted octanol–water partition coefficient (Wildman–Crippen LogP) is 4.32. The Kier molecular flexibility index (Phi) is 4.03. The van der Waals surface area contributed by atoms with E-state index in [4.69, 9.17) is 4.74 Å². The molecule has 122 valence electrons. The van der Waals surface area contributed by atoms with E-state index in [0.717, 1.165) is 47.6 Å². The van der Waals surface area contributed by atoms with Crippen LogP contribution in [0.5, 0.6) is 0 Å². The molecule has 1 fully saturated rings. The van der Waals surface area contributed by atoms with Crippen LogP contribution in [0.15, 0.2) is 18.2 Å². The van der Waals surface area contributed by atoms with Crippen LogP contribution >= 0.6 is 11.8 Å². The summed E-state index contributed by atoms with van der Waals surface area (Å²) in [6, 6.07) is 5.81. The van der Waals surface area contributed by atoms with E-state index < -0.39 is 0 Å². The molecule has 0 amide bonds. The third kappa shape index (κ3) is 2.85. The minimum Gasteiger partial charge on any atom is -0.381 e. The van der Waals surface area contributed by atoms with Crippen molar-refractivity contribution >= 4 is 23.3 Å². The lowest BCUT2D eigenvalue weighted by Crippen LogP contribution is -2.04. The van der Waals surface area contributed by atoms with Gasteiger partial charge in [-0.05, 0) is 30.9 Å². The molecule has 23 heavy (non-hydrogen) atoms. The first-order valence-electron chi connectivity index (χ1n) is 7.97. The Morgan fingerprint density at radius 2 is 2.26 bits per heavy atom. The summed E-state index contributed by atoms with van der Waals surface area (Å²) in [5.41, 5.74) is 3.54. The van der Waals surface area contributed by atoms with E-state index in [1.165, 1.54) is 0 Å². The maximum atomic E-state index is 14.5. The van der Waals surface area contributed by atoms with Gasteiger partial charge in [0.25, 0.3) is 0 Å². The lowest BCUT2D eigenvalue weighted by Gasteiger charge is -2.08. The number of H-pyrrole nitrogens is 1. The standard InChI is InChI=1S/C17H20FN3OS/c1-22-12-4-2-10(6-12)15-7-16(21-20-15)19-14-5-3-11-8-23-9-13(11)17(14)18/h3,5,7,10,12H,2,4,6,8-9H2,1H3,(H2,19,20,21). The van der Waals surface area contributed by atoms with E-state index >= 15 is 0 Å². The third-order valence-electron chi connectivity index (χ3n) is 4.86. The number of aromatic nitrogens is 2. The Morgan fingerprint density at radius 1 is 1.35 bits per heavy atom. The molecule has 2 aromatic rings. The topological polar surface area (TPSA) is 49.9 Å². The number of benzene rings is 1. The van der Waals surface area contributed by atoms with Crippen LogP contribution in [0.1, 0.15) is 42.0 Å². The molecular weight excluding hydrogens is 313 g/mol. The van der Waals surface area contributed by atoms with Gasteiger partial charge in [-0.15, -0.1) is 0 Å². The number of methoxy groups -OCH3 is 1. The molecule has 6 heteroatoms. The number of nitrogens with zero attached hydrogens (tertiary/aromatic N) is 1. The Hall–Kier alpha value is -1.53. The predicted molar refractivity (Wildman–Crippen MR) is 90.7 cm³/mol. The average Bonchev–Trinajstić information content (AvgIpc) is 3.29. The number of rotatable bonds is 4. The van der Waals surface area contributed by atoms with Gasteiger partial charge in [0.1, 0.15) is 0 Å². The fourth-order valence-electron chi connectivity index (χ4n) is 3.50. The van der Waals surface area contributed by atoms with Crippen LogP contribution in [0.4, 0.5) is 15.9 Å². The van der Waals surface area contributed by atoms with Gasteiger partial charge in [0.2, 0.25) is 0 Å². The number of hydrogen-bond donors (Lipinski definition) is 2. The second kappa shape index (κ2) is 6.17. The number of anilines is 2. The van der Waals surface area contributed by atoms with Gasteiger partial charge in [0.15, 0.2) is 11.6 Å². The molecular formula is C17H20FN3OS. The number of halogens is 1. The average molecular weight is 333 g/mol. The van der Waals surface area contributed by atoms with E-state index in [0.29, 0.717) is 23.5 Å². The first-order chi connectivity index (χ1) is 11.2. The van der Waals surface area contributed by atoms with E-state index in [9.17, 15) is 4.39 Å². The molecule has 2 N–H and O–H groups in total. The molecule has 1 aliphatic carbocycles. The van der Waals surface area contributed by atoms with Crippen LogP contribution in [-0.2, 0) is 16.2 Å². The summed E-state index contributed by atoms with van der Waals surface area (Å²) >= 11 is 1.75. The molecule has 4 nitrogen and oxygen atoms in total. The van der Waals surface area contributed by atoms with E-state index in [1.54, 1.807) is 18.9 Å². The molecule has 4 rings (SSSR count). The van der Waals surface area contributed by atoms with Gasteiger partial charge in [0.05, 0.1) is 11.8 Å². The lowest BCUT2D eigenvalue weighted by molar-refractivity contribution is 0.108. The highest BCUT2D eigenvalue weighted by atomic mass is 32.2. The maximum absolute atomic E-state index is 14.5. The largest absolute Gasteiger partial charge is 0.381 e. The van der Waals surface area contributed by atoms with Gasteiger partial charge in [0, 0.05) is 41.9 Å². The Balaban J connectivity index is 1.50.